The van der Waals surface area contributed by atoms with E-state index in [4.69, 9.17) is 0 Å². The molecule has 4 aliphatic rings. The van der Waals surface area contributed by atoms with Crippen LogP contribution < -0.4 is 10.0 Å². The normalized spacial score (nSPS) is 42.6. The third kappa shape index (κ3) is 5.67. The van der Waals surface area contributed by atoms with Gasteiger partial charge in [-0.25, -0.2) is 13.1 Å². The molecule has 0 bridgehead atoms. The Labute approximate surface area is 205 Å². The molecule has 9 heteroatoms. The first-order chi connectivity index (χ1) is 15.3. The highest BCUT2D eigenvalue weighted by molar-refractivity contribution is 9.09. The largest absolute Gasteiger partial charge is 0.343 e. The van der Waals surface area contributed by atoms with E-state index in [9.17, 15) is 18.5 Å². The number of amides is 1. The van der Waals surface area contributed by atoms with E-state index in [-0.39, 0.29) is 29.2 Å². The van der Waals surface area contributed by atoms with Gasteiger partial charge in [0.1, 0.15) is 0 Å². The number of rotatable bonds is 5. The van der Waals surface area contributed by atoms with Crippen molar-refractivity contribution in [2.45, 2.75) is 104 Å². The van der Waals surface area contributed by atoms with Gasteiger partial charge in [0.2, 0.25) is 15.9 Å². The summed E-state index contributed by atoms with van der Waals surface area (Å²) in [4.78, 5) is 13.6. The van der Waals surface area contributed by atoms with Crippen LogP contribution >= 0.6 is 27.7 Å². The van der Waals surface area contributed by atoms with Gasteiger partial charge in [0.25, 0.3) is 0 Å². The standard InChI is InChI=1S/C23H36BrN3O3S2/c1-14-5-10-19-20(13-25)23(31-21(19)11-14)26-22(28)15-3-2-4-18(12-15)32(29,30)27-17-8-6-16(24)7-9-17/h14-21,23,27H,2-12H2,1H3,(H,26,28). The molecular weight excluding hydrogens is 510 g/mol. The fourth-order valence-electron chi connectivity index (χ4n) is 6.13. The number of hydrogen-bond donors (Lipinski definition) is 2. The maximum atomic E-state index is 13.1. The third-order valence-electron chi connectivity index (χ3n) is 8.07. The van der Waals surface area contributed by atoms with Crippen LogP contribution in [0.5, 0.6) is 0 Å². The SMILES string of the molecule is CC1CCC2C(C1)SC(NC(=O)C1CCCC(S(=O)(=O)NC3CCC(Br)CC3)C1)C2C#N. The number of fused-ring (bicyclic) bond motifs is 1. The molecule has 1 saturated heterocycles. The van der Waals surface area contributed by atoms with Crippen molar-refractivity contribution >= 4 is 43.6 Å². The van der Waals surface area contributed by atoms with E-state index in [1.54, 1.807) is 11.8 Å². The molecule has 4 rings (SSSR count). The van der Waals surface area contributed by atoms with E-state index in [1.807, 2.05) is 0 Å². The minimum absolute atomic E-state index is 0.0139. The second-order valence-corrected chi connectivity index (χ2v) is 15.1. The summed E-state index contributed by atoms with van der Waals surface area (Å²) in [5.41, 5.74) is 0. The number of alkyl halides is 1. The van der Waals surface area contributed by atoms with Gasteiger partial charge >= 0.3 is 0 Å². The summed E-state index contributed by atoms with van der Waals surface area (Å²) < 4.78 is 29.0. The van der Waals surface area contributed by atoms with E-state index in [0.29, 0.717) is 34.8 Å². The highest BCUT2D eigenvalue weighted by atomic mass is 79.9. The summed E-state index contributed by atoms with van der Waals surface area (Å²) in [6, 6.07) is 2.49. The van der Waals surface area contributed by atoms with Gasteiger partial charge in [-0.15, -0.1) is 11.8 Å². The van der Waals surface area contributed by atoms with Gasteiger partial charge in [-0.3, -0.25) is 4.79 Å². The summed E-state index contributed by atoms with van der Waals surface area (Å²) >= 11 is 5.38. The summed E-state index contributed by atoms with van der Waals surface area (Å²) in [5, 5.41) is 12.7. The van der Waals surface area contributed by atoms with Crippen LogP contribution in [0.15, 0.2) is 0 Å². The monoisotopic (exact) mass is 545 g/mol. The Kier molecular flexibility index (Phi) is 8.17. The Morgan fingerprint density at radius 1 is 1.06 bits per heavy atom. The number of carbonyl (C=O) groups excluding carboxylic acids is 1. The molecule has 0 aromatic rings. The van der Waals surface area contributed by atoms with Gasteiger partial charge in [-0.2, -0.15) is 5.26 Å². The van der Waals surface area contributed by atoms with Crippen molar-refractivity contribution in [3.63, 3.8) is 0 Å². The van der Waals surface area contributed by atoms with Crippen LogP contribution in [0.3, 0.4) is 0 Å². The zero-order valence-electron chi connectivity index (χ0n) is 18.8. The van der Waals surface area contributed by atoms with Crippen LogP contribution in [0.4, 0.5) is 0 Å². The molecule has 6 nitrogen and oxygen atoms in total. The van der Waals surface area contributed by atoms with Gasteiger partial charge in [0.15, 0.2) is 0 Å². The number of halogens is 1. The first-order valence-electron chi connectivity index (χ1n) is 12.3. The second-order valence-electron chi connectivity index (χ2n) is 10.4. The van der Waals surface area contributed by atoms with Crippen molar-refractivity contribution in [1.29, 1.82) is 5.26 Å². The quantitative estimate of drug-likeness (QED) is 0.501. The maximum Gasteiger partial charge on any atom is 0.224 e. The molecule has 32 heavy (non-hydrogen) atoms. The Hall–Kier alpha value is -0.300. The predicted molar refractivity (Wildman–Crippen MR) is 132 cm³/mol. The Balaban J connectivity index is 1.34. The molecule has 3 saturated carbocycles. The van der Waals surface area contributed by atoms with Crippen molar-refractivity contribution in [3.05, 3.63) is 0 Å². The van der Waals surface area contributed by atoms with Crippen LogP contribution in [0.2, 0.25) is 0 Å². The molecular formula is C23H36BrN3O3S2. The Bertz CT molecular complexity index is 825. The van der Waals surface area contributed by atoms with Gasteiger partial charge in [0, 0.05) is 22.0 Å². The number of carbonyl (C=O) groups is 1. The number of nitrogens with one attached hydrogen (secondary N) is 2. The van der Waals surface area contributed by atoms with E-state index in [0.717, 1.165) is 57.8 Å². The molecule has 0 spiro atoms. The summed E-state index contributed by atoms with van der Waals surface area (Å²) in [6.45, 7) is 2.27. The van der Waals surface area contributed by atoms with Crippen LogP contribution in [0.25, 0.3) is 0 Å². The molecule has 1 amide bonds. The van der Waals surface area contributed by atoms with Crippen LogP contribution in [-0.4, -0.2) is 41.1 Å². The van der Waals surface area contributed by atoms with Crippen LogP contribution in [-0.2, 0) is 14.8 Å². The van der Waals surface area contributed by atoms with Crippen LogP contribution in [0, 0.1) is 35.0 Å². The molecule has 4 fully saturated rings. The zero-order chi connectivity index (χ0) is 22.9. The van der Waals surface area contributed by atoms with E-state index >= 15 is 0 Å². The van der Waals surface area contributed by atoms with Crippen molar-refractivity contribution in [1.82, 2.24) is 10.0 Å². The molecule has 2 N–H and O–H groups in total. The molecule has 7 unspecified atom stereocenters. The van der Waals surface area contributed by atoms with E-state index in [1.165, 1.54) is 0 Å². The smallest absolute Gasteiger partial charge is 0.224 e. The first-order valence-corrected chi connectivity index (χ1v) is 15.7. The molecule has 0 aromatic carbocycles. The third-order valence-corrected chi connectivity index (χ3v) is 12.6. The minimum atomic E-state index is -3.44. The lowest BCUT2D eigenvalue weighted by molar-refractivity contribution is -0.126. The molecule has 1 aliphatic heterocycles. The average molecular weight is 547 g/mol. The van der Waals surface area contributed by atoms with Crippen molar-refractivity contribution < 1.29 is 13.2 Å². The number of nitrogens with zero attached hydrogens (tertiary/aromatic N) is 1. The first kappa shape index (κ1) is 24.8. The lowest BCUT2D eigenvalue weighted by Crippen LogP contribution is -2.47. The summed E-state index contributed by atoms with van der Waals surface area (Å²) in [5.74, 6) is 0.554. The average Bonchev–Trinajstić information content (AvgIpc) is 3.11. The van der Waals surface area contributed by atoms with E-state index < -0.39 is 15.3 Å². The number of thioether (sulfide) groups is 1. The summed E-state index contributed by atoms with van der Waals surface area (Å²) in [6.07, 6.45) is 9.52. The van der Waals surface area contributed by atoms with Crippen molar-refractivity contribution in [2.24, 2.45) is 23.7 Å². The molecule has 3 aliphatic carbocycles. The lowest BCUT2D eigenvalue weighted by Gasteiger charge is -2.32. The predicted octanol–water partition coefficient (Wildman–Crippen LogP) is 4.30. The van der Waals surface area contributed by atoms with Gasteiger partial charge in [-0.1, -0.05) is 35.7 Å². The molecule has 180 valence electrons. The number of hydrogen-bond acceptors (Lipinski definition) is 5. The maximum absolute atomic E-state index is 13.1. The Morgan fingerprint density at radius 3 is 2.53 bits per heavy atom. The van der Waals surface area contributed by atoms with Gasteiger partial charge < -0.3 is 5.32 Å². The summed E-state index contributed by atoms with van der Waals surface area (Å²) in [7, 11) is -3.44. The highest BCUT2D eigenvalue weighted by Crippen LogP contribution is 2.50. The van der Waals surface area contributed by atoms with Crippen LogP contribution in [0.1, 0.15) is 77.6 Å². The fourth-order valence-corrected chi connectivity index (χ4v) is 10.4. The molecule has 1 heterocycles. The van der Waals surface area contributed by atoms with Crippen molar-refractivity contribution in [3.8, 4) is 6.07 Å². The number of sulfonamides is 1. The van der Waals surface area contributed by atoms with Crippen molar-refractivity contribution in [2.75, 3.05) is 0 Å². The number of nitriles is 1. The Morgan fingerprint density at radius 2 is 1.81 bits per heavy atom. The topological polar surface area (TPSA) is 99.1 Å². The van der Waals surface area contributed by atoms with Gasteiger partial charge in [-0.05, 0) is 69.6 Å². The van der Waals surface area contributed by atoms with Gasteiger partial charge in [0.05, 0.1) is 22.6 Å². The zero-order valence-corrected chi connectivity index (χ0v) is 22.1. The highest BCUT2D eigenvalue weighted by Gasteiger charge is 2.47. The van der Waals surface area contributed by atoms with E-state index in [2.05, 4.69) is 39.0 Å². The lowest BCUT2D eigenvalue weighted by atomic mass is 9.76. The molecule has 0 aromatic heterocycles. The molecule has 7 atom stereocenters. The molecule has 0 radical (unpaired) electrons. The second kappa shape index (κ2) is 10.5. The minimum Gasteiger partial charge on any atom is -0.343 e. The fraction of sp³-hybridized carbons (Fsp3) is 0.913.